The maximum absolute atomic E-state index is 13.7. The van der Waals surface area contributed by atoms with Crippen molar-refractivity contribution in [1.82, 2.24) is 0 Å². The molecule has 0 saturated carbocycles. The molecule has 0 amide bonds. The lowest BCUT2D eigenvalue weighted by atomic mass is 10.0. The molecule has 0 spiro atoms. The normalized spacial score (nSPS) is 12.2. The zero-order valence-corrected chi connectivity index (χ0v) is 9.66. The summed E-state index contributed by atoms with van der Waals surface area (Å²) in [6.07, 6.45) is -0.534. The molecule has 1 atom stereocenters. The number of halogens is 2. The predicted octanol–water partition coefficient (Wildman–Crippen LogP) is 1.67. The van der Waals surface area contributed by atoms with Gasteiger partial charge in [0.1, 0.15) is 0 Å². The van der Waals surface area contributed by atoms with E-state index in [0.717, 1.165) is 6.07 Å². The number of aromatic hydroxyl groups is 1. The summed E-state index contributed by atoms with van der Waals surface area (Å²) in [6.45, 7) is 0. The lowest BCUT2D eigenvalue weighted by Gasteiger charge is -2.15. The number of phenols is 1. The van der Waals surface area contributed by atoms with Crippen LogP contribution in [-0.4, -0.2) is 23.3 Å². The van der Waals surface area contributed by atoms with E-state index in [4.69, 9.17) is 27.2 Å². The zero-order chi connectivity index (χ0) is 13.2. The highest BCUT2D eigenvalue weighted by atomic mass is 35.5. The molecule has 0 fully saturated rings. The number of ether oxygens (including phenoxy) is 1. The van der Waals surface area contributed by atoms with Crippen molar-refractivity contribution in [3.05, 3.63) is 22.5 Å². The van der Waals surface area contributed by atoms with Gasteiger partial charge in [-0.2, -0.15) is 0 Å². The first kappa shape index (κ1) is 13.5. The van der Waals surface area contributed by atoms with E-state index in [0.29, 0.717) is 0 Å². The Labute approximate surface area is 102 Å². The highest BCUT2D eigenvalue weighted by molar-refractivity contribution is 6.31. The Hall–Kier alpha value is -1.53. The molecule has 0 aromatic heterocycles. The Balaban J connectivity index is 3.30. The van der Waals surface area contributed by atoms with Gasteiger partial charge in [-0.25, -0.2) is 4.39 Å². The van der Waals surface area contributed by atoms with E-state index >= 15 is 0 Å². The number of methoxy groups -OCH3 is 1. The summed E-state index contributed by atoms with van der Waals surface area (Å²) >= 11 is 5.58. The molecule has 0 saturated heterocycles. The van der Waals surface area contributed by atoms with Gasteiger partial charge in [0.2, 0.25) is 0 Å². The fourth-order valence-corrected chi connectivity index (χ4v) is 1.60. The fraction of sp³-hybridized carbons (Fsp3) is 0.300. The van der Waals surface area contributed by atoms with Crippen LogP contribution in [0.25, 0.3) is 0 Å². The van der Waals surface area contributed by atoms with Gasteiger partial charge in [0.25, 0.3) is 0 Å². The third-order valence-corrected chi connectivity index (χ3v) is 2.45. The van der Waals surface area contributed by atoms with Crippen LogP contribution in [0.15, 0.2) is 6.07 Å². The topological polar surface area (TPSA) is 92.8 Å². The summed E-state index contributed by atoms with van der Waals surface area (Å²) in [5.41, 5.74) is 5.13. The van der Waals surface area contributed by atoms with E-state index in [-0.39, 0.29) is 16.3 Å². The number of hydrogen-bond donors (Lipinski definition) is 3. The molecule has 1 unspecified atom stereocenters. The number of nitrogens with two attached hydrogens (primary N) is 1. The Morgan fingerprint density at radius 1 is 1.71 bits per heavy atom. The van der Waals surface area contributed by atoms with Gasteiger partial charge in [-0.15, -0.1) is 0 Å². The molecule has 17 heavy (non-hydrogen) atoms. The second-order valence-electron chi connectivity index (χ2n) is 3.34. The van der Waals surface area contributed by atoms with Crippen LogP contribution in [0.4, 0.5) is 4.39 Å². The standard InChI is InChI=1S/C10H11ClFNO4/c1-17-6-2-4(11)9(12)8(10(6)16)5(13)3-7(14)15/h2,5,16H,3,13H2,1H3,(H,14,15). The van der Waals surface area contributed by atoms with Gasteiger partial charge < -0.3 is 20.7 Å². The average Bonchev–Trinajstić information content (AvgIpc) is 2.22. The third-order valence-electron chi connectivity index (χ3n) is 2.18. The predicted molar refractivity (Wildman–Crippen MR) is 58.8 cm³/mol. The Morgan fingerprint density at radius 2 is 2.29 bits per heavy atom. The van der Waals surface area contributed by atoms with Crippen LogP contribution in [0, 0.1) is 5.82 Å². The van der Waals surface area contributed by atoms with Crippen molar-refractivity contribution in [1.29, 1.82) is 0 Å². The van der Waals surface area contributed by atoms with Gasteiger partial charge in [0.15, 0.2) is 17.3 Å². The van der Waals surface area contributed by atoms with E-state index in [2.05, 4.69) is 0 Å². The van der Waals surface area contributed by atoms with Crippen LogP contribution >= 0.6 is 11.6 Å². The molecule has 0 heterocycles. The maximum Gasteiger partial charge on any atom is 0.305 e. The summed E-state index contributed by atoms with van der Waals surface area (Å²) in [7, 11) is 1.26. The molecule has 0 bridgehead atoms. The summed E-state index contributed by atoms with van der Waals surface area (Å²) in [4.78, 5) is 10.5. The summed E-state index contributed by atoms with van der Waals surface area (Å²) in [5, 5.41) is 18.0. The van der Waals surface area contributed by atoms with E-state index in [1.54, 1.807) is 0 Å². The van der Waals surface area contributed by atoms with Crippen LogP contribution in [0.2, 0.25) is 5.02 Å². The van der Waals surface area contributed by atoms with Crippen molar-refractivity contribution >= 4 is 17.6 Å². The first-order valence-electron chi connectivity index (χ1n) is 4.60. The van der Waals surface area contributed by atoms with Crippen molar-refractivity contribution in [2.24, 2.45) is 5.73 Å². The highest BCUT2D eigenvalue weighted by Crippen LogP contribution is 2.39. The summed E-state index contributed by atoms with van der Waals surface area (Å²) < 4.78 is 18.4. The monoisotopic (exact) mass is 263 g/mol. The van der Waals surface area contributed by atoms with Crippen LogP contribution in [-0.2, 0) is 4.79 Å². The maximum atomic E-state index is 13.7. The number of phenolic OH excluding ortho intramolecular Hbond substituents is 1. The van der Waals surface area contributed by atoms with Crippen molar-refractivity contribution in [3.8, 4) is 11.5 Å². The number of carboxylic acids is 1. The molecule has 7 heteroatoms. The number of rotatable bonds is 4. The summed E-state index contributed by atoms with van der Waals surface area (Å²) in [5.74, 6) is -2.76. The van der Waals surface area contributed by atoms with E-state index in [1.807, 2.05) is 0 Å². The molecule has 1 aromatic rings. The molecule has 0 aliphatic carbocycles. The molecular formula is C10H11ClFNO4. The smallest absolute Gasteiger partial charge is 0.305 e. The minimum atomic E-state index is -1.21. The number of carboxylic acid groups (broad SMARTS) is 1. The minimum absolute atomic E-state index is 0.0627. The highest BCUT2D eigenvalue weighted by Gasteiger charge is 2.24. The molecule has 4 N–H and O–H groups in total. The Bertz CT molecular complexity index is 452. The SMILES string of the molecule is COc1cc(Cl)c(F)c(C(N)CC(=O)O)c1O. The molecule has 94 valence electrons. The molecule has 0 aliphatic heterocycles. The molecule has 0 aliphatic rings. The second kappa shape index (κ2) is 5.20. The van der Waals surface area contributed by atoms with Gasteiger partial charge in [-0.1, -0.05) is 11.6 Å². The number of carbonyl (C=O) groups is 1. The molecular weight excluding hydrogens is 253 g/mol. The number of benzene rings is 1. The van der Waals surface area contributed by atoms with Crippen molar-refractivity contribution in [3.63, 3.8) is 0 Å². The van der Waals surface area contributed by atoms with E-state index < -0.39 is 30.0 Å². The molecule has 0 radical (unpaired) electrons. The summed E-state index contributed by atoms with van der Waals surface area (Å²) in [6, 6.07) is -0.122. The minimum Gasteiger partial charge on any atom is -0.504 e. The average molecular weight is 264 g/mol. The Kier molecular flexibility index (Phi) is 4.14. The van der Waals surface area contributed by atoms with Crippen LogP contribution < -0.4 is 10.5 Å². The van der Waals surface area contributed by atoms with Crippen LogP contribution in [0.1, 0.15) is 18.0 Å². The van der Waals surface area contributed by atoms with Gasteiger partial charge >= 0.3 is 5.97 Å². The lowest BCUT2D eigenvalue weighted by Crippen LogP contribution is -2.17. The molecule has 1 rings (SSSR count). The van der Waals surface area contributed by atoms with E-state index in [1.165, 1.54) is 7.11 Å². The third kappa shape index (κ3) is 2.78. The first-order valence-corrected chi connectivity index (χ1v) is 4.98. The van der Waals surface area contributed by atoms with Crippen LogP contribution in [0.3, 0.4) is 0 Å². The van der Waals surface area contributed by atoms with Crippen LogP contribution in [0.5, 0.6) is 11.5 Å². The number of aliphatic carboxylic acids is 1. The zero-order valence-electron chi connectivity index (χ0n) is 8.91. The van der Waals surface area contributed by atoms with Gasteiger partial charge in [-0.05, 0) is 0 Å². The van der Waals surface area contributed by atoms with Crippen molar-refractivity contribution in [2.75, 3.05) is 7.11 Å². The largest absolute Gasteiger partial charge is 0.504 e. The van der Waals surface area contributed by atoms with E-state index in [9.17, 15) is 14.3 Å². The van der Waals surface area contributed by atoms with Gasteiger partial charge in [0, 0.05) is 12.1 Å². The van der Waals surface area contributed by atoms with Gasteiger partial charge in [-0.3, -0.25) is 4.79 Å². The molecule has 5 nitrogen and oxygen atoms in total. The Morgan fingerprint density at radius 3 is 2.76 bits per heavy atom. The second-order valence-corrected chi connectivity index (χ2v) is 3.75. The van der Waals surface area contributed by atoms with Gasteiger partial charge in [0.05, 0.1) is 24.1 Å². The number of hydrogen-bond acceptors (Lipinski definition) is 4. The quantitative estimate of drug-likeness (QED) is 0.768. The molecule has 1 aromatic carbocycles. The van der Waals surface area contributed by atoms with Crippen molar-refractivity contribution < 1.29 is 24.1 Å². The lowest BCUT2D eigenvalue weighted by molar-refractivity contribution is -0.137. The van der Waals surface area contributed by atoms with Crippen molar-refractivity contribution in [2.45, 2.75) is 12.5 Å². The fourth-order valence-electron chi connectivity index (χ4n) is 1.40. The first-order chi connectivity index (χ1) is 7.88.